The molecule has 1 aromatic rings. The second-order valence-corrected chi connectivity index (χ2v) is 7.48. The Morgan fingerprint density at radius 3 is 2.33 bits per heavy atom. The van der Waals surface area contributed by atoms with Gasteiger partial charge in [0.2, 0.25) is 0 Å². The Hall–Kier alpha value is -0.715. The number of aromatic nitrogens is 1. The van der Waals surface area contributed by atoms with E-state index in [-0.39, 0.29) is 11.2 Å². The lowest BCUT2D eigenvalue weighted by Gasteiger charge is -2.32. The van der Waals surface area contributed by atoms with Gasteiger partial charge in [0.05, 0.1) is 28.4 Å². The van der Waals surface area contributed by atoms with Gasteiger partial charge in [0.25, 0.3) is 0 Å². The highest BCUT2D eigenvalue weighted by molar-refractivity contribution is 7.99. The van der Waals surface area contributed by atoms with Gasteiger partial charge in [0.1, 0.15) is 0 Å². The highest BCUT2D eigenvalue weighted by atomic mass is 32.2. The van der Waals surface area contributed by atoms with Gasteiger partial charge in [-0.15, -0.1) is 11.8 Å². The van der Waals surface area contributed by atoms with E-state index in [2.05, 4.69) is 32.7 Å². The maximum Gasteiger partial charge on any atom is 0.497 e. The van der Waals surface area contributed by atoms with Gasteiger partial charge in [-0.25, -0.2) is 0 Å². The molecule has 0 unspecified atom stereocenters. The Morgan fingerprint density at radius 2 is 1.81 bits per heavy atom. The van der Waals surface area contributed by atoms with Crippen molar-refractivity contribution in [2.45, 2.75) is 62.7 Å². The molecule has 2 aliphatic rings. The van der Waals surface area contributed by atoms with Crippen LogP contribution in [0.15, 0.2) is 17.3 Å². The fourth-order valence-corrected chi connectivity index (χ4v) is 2.94. The molecule has 3 rings (SSSR count). The van der Waals surface area contributed by atoms with Gasteiger partial charge in [-0.2, -0.15) is 0 Å². The van der Waals surface area contributed by atoms with Crippen LogP contribution in [-0.4, -0.2) is 35.7 Å². The number of thioether (sulfide) groups is 1. The Morgan fingerprint density at radius 1 is 1.19 bits per heavy atom. The quantitative estimate of drug-likeness (QED) is 0.632. The summed E-state index contributed by atoms with van der Waals surface area (Å²) in [4.78, 5) is 5.38. The molecule has 0 amide bonds. The number of hydrogen-bond donors (Lipinski definition) is 0. The molecule has 0 radical (unpaired) electrons. The molecule has 1 aliphatic heterocycles. The minimum atomic E-state index is -0.396. The summed E-state index contributed by atoms with van der Waals surface area (Å²) in [5, 5.41) is 0. The third-order valence-electron chi connectivity index (χ3n) is 4.42. The molecule has 4 nitrogen and oxygen atoms in total. The van der Waals surface area contributed by atoms with Crippen molar-refractivity contribution in [1.29, 1.82) is 0 Å². The zero-order valence-electron chi connectivity index (χ0n) is 13.3. The highest BCUT2D eigenvalue weighted by Gasteiger charge is 2.52. The zero-order chi connectivity index (χ0) is 15.3. The predicted octanol–water partition coefficient (Wildman–Crippen LogP) is 2.64. The monoisotopic (exact) mass is 307 g/mol. The van der Waals surface area contributed by atoms with Gasteiger partial charge in [-0.3, -0.25) is 4.98 Å². The predicted molar refractivity (Wildman–Crippen MR) is 85.4 cm³/mol. The fraction of sp³-hybridized carbons (Fsp3) is 0.667. The number of hydrogen-bond acceptors (Lipinski definition) is 5. The molecule has 21 heavy (non-hydrogen) atoms. The summed E-state index contributed by atoms with van der Waals surface area (Å²) < 4.78 is 18.2. The smallest absolute Gasteiger partial charge is 0.488 e. The lowest BCUT2D eigenvalue weighted by atomic mass is 9.80. The minimum Gasteiger partial charge on any atom is -0.488 e. The molecule has 0 spiro atoms. The first-order valence-corrected chi connectivity index (χ1v) is 8.61. The maximum absolute atomic E-state index is 6.14. The normalized spacial score (nSPS) is 23.4. The van der Waals surface area contributed by atoms with Crippen LogP contribution in [0, 0.1) is 0 Å². The Bertz CT molecular complexity index is 530. The lowest BCUT2D eigenvalue weighted by molar-refractivity contribution is 0.00578. The molecule has 1 saturated carbocycles. The summed E-state index contributed by atoms with van der Waals surface area (Å²) in [5.74, 6) is 0.845. The van der Waals surface area contributed by atoms with Gasteiger partial charge in [0.15, 0.2) is 5.75 Å². The van der Waals surface area contributed by atoms with Gasteiger partial charge >= 0.3 is 7.12 Å². The molecule has 0 aromatic carbocycles. The summed E-state index contributed by atoms with van der Waals surface area (Å²) in [6.45, 7) is 8.24. The minimum absolute atomic E-state index is 0.347. The second-order valence-electron chi connectivity index (χ2n) is 6.67. The second kappa shape index (κ2) is 5.18. The summed E-state index contributed by atoms with van der Waals surface area (Å²) in [6.07, 6.45) is 8.28. The third kappa shape index (κ3) is 2.81. The molecule has 1 aliphatic carbocycles. The number of nitrogens with zero attached hydrogens (tertiary/aromatic N) is 1. The van der Waals surface area contributed by atoms with Crippen LogP contribution in [-0.2, 0) is 9.31 Å². The SMILES string of the molecule is CSc1c(OC2CC2)cncc1B1OC(C)(C)C(C)(C)O1. The molecule has 114 valence electrons. The molecule has 6 heteroatoms. The average Bonchev–Trinajstić information content (AvgIpc) is 3.17. The largest absolute Gasteiger partial charge is 0.497 e. The fourth-order valence-electron chi connectivity index (χ4n) is 2.25. The maximum atomic E-state index is 6.14. The van der Waals surface area contributed by atoms with Crippen LogP contribution in [0.2, 0.25) is 0 Å². The number of pyridine rings is 1. The van der Waals surface area contributed by atoms with Crippen molar-refractivity contribution in [3.63, 3.8) is 0 Å². The molecule has 2 fully saturated rings. The van der Waals surface area contributed by atoms with E-state index in [1.807, 2.05) is 12.5 Å². The summed E-state index contributed by atoms with van der Waals surface area (Å²) in [7, 11) is -0.396. The first-order chi connectivity index (χ1) is 9.84. The summed E-state index contributed by atoms with van der Waals surface area (Å²) >= 11 is 1.65. The van der Waals surface area contributed by atoms with E-state index in [1.54, 1.807) is 18.0 Å². The van der Waals surface area contributed by atoms with Gasteiger partial charge in [-0.05, 0) is 46.8 Å². The molecule has 1 saturated heterocycles. The molecule has 0 atom stereocenters. The van der Waals surface area contributed by atoms with E-state index in [1.165, 1.54) is 0 Å². The Balaban J connectivity index is 1.91. The van der Waals surface area contributed by atoms with Crippen molar-refractivity contribution in [2.75, 3.05) is 6.26 Å². The average molecular weight is 307 g/mol. The van der Waals surface area contributed by atoms with Crippen LogP contribution in [0.5, 0.6) is 5.75 Å². The molecule has 0 bridgehead atoms. The lowest BCUT2D eigenvalue weighted by Crippen LogP contribution is -2.41. The van der Waals surface area contributed by atoms with Crippen molar-refractivity contribution >= 4 is 24.3 Å². The van der Waals surface area contributed by atoms with E-state index >= 15 is 0 Å². The van der Waals surface area contributed by atoms with E-state index in [0.29, 0.717) is 6.10 Å². The van der Waals surface area contributed by atoms with Crippen molar-refractivity contribution in [2.24, 2.45) is 0 Å². The molecular weight excluding hydrogens is 285 g/mol. The first kappa shape index (κ1) is 15.2. The Kier molecular flexibility index (Phi) is 3.75. The molecule has 0 N–H and O–H groups in total. The molecule has 2 heterocycles. The van der Waals surface area contributed by atoms with Crippen LogP contribution in [0.1, 0.15) is 40.5 Å². The molecule has 1 aromatic heterocycles. The van der Waals surface area contributed by atoms with Crippen molar-refractivity contribution in [3.05, 3.63) is 12.4 Å². The number of ether oxygens (including phenoxy) is 1. The summed E-state index contributed by atoms with van der Waals surface area (Å²) in [6, 6.07) is 0. The Labute approximate surface area is 131 Å². The van der Waals surface area contributed by atoms with Gasteiger partial charge in [0, 0.05) is 11.7 Å². The first-order valence-electron chi connectivity index (χ1n) is 7.38. The zero-order valence-corrected chi connectivity index (χ0v) is 14.1. The van der Waals surface area contributed by atoms with Crippen molar-refractivity contribution < 1.29 is 14.0 Å². The van der Waals surface area contributed by atoms with Gasteiger partial charge < -0.3 is 14.0 Å². The van der Waals surface area contributed by atoms with Crippen LogP contribution in [0.25, 0.3) is 0 Å². The molecular formula is C15H22BNO3S. The van der Waals surface area contributed by atoms with E-state index in [4.69, 9.17) is 14.0 Å². The topological polar surface area (TPSA) is 40.6 Å². The summed E-state index contributed by atoms with van der Waals surface area (Å²) in [5.41, 5.74) is 0.265. The van der Waals surface area contributed by atoms with E-state index < -0.39 is 7.12 Å². The van der Waals surface area contributed by atoms with Crippen LogP contribution in [0.3, 0.4) is 0 Å². The van der Waals surface area contributed by atoms with E-state index in [9.17, 15) is 0 Å². The number of rotatable bonds is 4. The van der Waals surface area contributed by atoms with Crippen LogP contribution < -0.4 is 10.2 Å². The highest BCUT2D eigenvalue weighted by Crippen LogP contribution is 2.38. The van der Waals surface area contributed by atoms with Crippen molar-refractivity contribution in [1.82, 2.24) is 4.98 Å². The standard InChI is InChI=1S/C15H22BNO3S/c1-14(2)15(3,4)20-16(19-14)11-8-17-9-12(13(11)21-5)18-10-6-7-10/h8-10H,6-7H2,1-5H3. The third-order valence-corrected chi connectivity index (χ3v) is 5.27. The van der Waals surface area contributed by atoms with Crippen molar-refractivity contribution in [3.8, 4) is 5.75 Å². The van der Waals surface area contributed by atoms with E-state index in [0.717, 1.165) is 28.9 Å². The van der Waals surface area contributed by atoms with Crippen LogP contribution in [0.4, 0.5) is 0 Å². The van der Waals surface area contributed by atoms with Gasteiger partial charge in [-0.1, -0.05) is 0 Å². The van der Waals surface area contributed by atoms with Crippen LogP contribution >= 0.6 is 11.8 Å².